The van der Waals surface area contributed by atoms with E-state index < -0.39 is 0 Å². The Morgan fingerprint density at radius 2 is 0.971 bits per heavy atom. The molecule has 0 aromatic rings. The van der Waals surface area contributed by atoms with Crippen LogP contribution in [0.1, 0.15) is 109 Å². The van der Waals surface area contributed by atoms with Crippen molar-refractivity contribution >= 4 is 11.9 Å². The molecule has 0 N–H and O–H groups in total. The number of nitrogens with zero attached hydrogens (tertiary/aromatic N) is 2. The van der Waals surface area contributed by atoms with Crippen molar-refractivity contribution in [3.8, 4) is 0 Å². The topological polar surface area (TPSA) is 59.1 Å². The molecule has 35 heavy (non-hydrogen) atoms. The second-order valence-corrected chi connectivity index (χ2v) is 11.6. The highest BCUT2D eigenvalue weighted by Crippen LogP contribution is 2.32. The van der Waals surface area contributed by atoms with Crippen molar-refractivity contribution in [2.75, 3.05) is 39.4 Å². The maximum Gasteiger partial charge on any atom is 0.305 e. The number of hydrogen-bond donors (Lipinski definition) is 0. The minimum Gasteiger partial charge on any atom is -0.465 e. The first-order valence-electron chi connectivity index (χ1n) is 15.0. The van der Waals surface area contributed by atoms with Gasteiger partial charge in [0, 0.05) is 36.8 Å². The van der Waals surface area contributed by atoms with Gasteiger partial charge in [0.1, 0.15) is 0 Å². The molecule has 6 nitrogen and oxygen atoms in total. The molecule has 0 spiro atoms. The largest absolute Gasteiger partial charge is 0.465 e. The van der Waals surface area contributed by atoms with Crippen molar-refractivity contribution in [3.05, 3.63) is 0 Å². The first kappa shape index (κ1) is 26.9. The molecule has 0 radical (unpaired) electrons. The number of carbonyl (C=O) groups excluding carboxylic acids is 2. The minimum atomic E-state index is -0.0271. The SMILES string of the molecule is O=C(CCCCCCCC(=O)OCC1CCCN2CCCCC12)OCC1CCCN2CCCCC12. The normalized spacial score (nSPS) is 29.7. The fourth-order valence-corrected chi connectivity index (χ4v) is 7.16. The Labute approximate surface area is 213 Å². The van der Waals surface area contributed by atoms with E-state index in [0.717, 1.165) is 32.1 Å². The number of unbranched alkanes of at least 4 members (excludes halogenated alkanes) is 4. The molecule has 0 saturated carbocycles. The highest BCUT2D eigenvalue weighted by molar-refractivity contribution is 5.69. The zero-order valence-electron chi connectivity index (χ0n) is 22.1. The van der Waals surface area contributed by atoms with E-state index in [4.69, 9.17) is 9.47 Å². The average Bonchev–Trinajstić information content (AvgIpc) is 2.90. The second kappa shape index (κ2) is 14.6. The number of hydrogen-bond acceptors (Lipinski definition) is 6. The summed E-state index contributed by atoms with van der Waals surface area (Å²) in [5.74, 6) is 1.02. The monoisotopic (exact) mass is 490 g/mol. The van der Waals surface area contributed by atoms with Crippen molar-refractivity contribution in [2.45, 2.75) is 121 Å². The molecule has 6 heteroatoms. The molecule has 0 aromatic heterocycles. The van der Waals surface area contributed by atoms with Gasteiger partial charge in [0.25, 0.3) is 0 Å². The van der Waals surface area contributed by atoms with Crippen LogP contribution in [0.15, 0.2) is 0 Å². The summed E-state index contributed by atoms with van der Waals surface area (Å²) in [6, 6.07) is 1.28. The zero-order valence-corrected chi connectivity index (χ0v) is 22.1. The molecule has 4 unspecified atom stereocenters. The summed E-state index contributed by atoms with van der Waals surface area (Å²) in [5.41, 5.74) is 0. The summed E-state index contributed by atoms with van der Waals surface area (Å²) >= 11 is 0. The lowest BCUT2D eigenvalue weighted by Gasteiger charge is -2.44. The van der Waals surface area contributed by atoms with Gasteiger partial charge in [0.2, 0.25) is 0 Å². The van der Waals surface area contributed by atoms with E-state index in [1.807, 2.05) is 0 Å². The van der Waals surface area contributed by atoms with Crippen LogP contribution in [0.3, 0.4) is 0 Å². The van der Waals surface area contributed by atoms with Crippen molar-refractivity contribution < 1.29 is 19.1 Å². The quantitative estimate of drug-likeness (QED) is 0.272. The summed E-state index contributed by atoms with van der Waals surface area (Å²) in [4.78, 5) is 29.7. The van der Waals surface area contributed by atoms with E-state index in [0.29, 0.717) is 50.0 Å². The van der Waals surface area contributed by atoms with Crippen LogP contribution in [0.5, 0.6) is 0 Å². The first-order chi connectivity index (χ1) is 17.2. The van der Waals surface area contributed by atoms with Crippen molar-refractivity contribution in [3.63, 3.8) is 0 Å². The van der Waals surface area contributed by atoms with Crippen molar-refractivity contribution in [1.29, 1.82) is 0 Å². The van der Waals surface area contributed by atoms with E-state index in [-0.39, 0.29) is 11.9 Å². The van der Waals surface area contributed by atoms with E-state index >= 15 is 0 Å². The number of esters is 2. The number of rotatable bonds is 12. The summed E-state index contributed by atoms with van der Waals surface area (Å²) in [6.07, 6.45) is 18.7. The molecule has 200 valence electrons. The van der Waals surface area contributed by atoms with Crippen molar-refractivity contribution in [1.82, 2.24) is 9.80 Å². The average molecular weight is 491 g/mol. The Morgan fingerprint density at radius 1 is 0.543 bits per heavy atom. The van der Waals surface area contributed by atoms with E-state index in [1.165, 1.54) is 90.4 Å². The van der Waals surface area contributed by atoms with Gasteiger partial charge in [-0.05, 0) is 90.4 Å². The summed E-state index contributed by atoms with van der Waals surface area (Å²) < 4.78 is 11.3. The van der Waals surface area contributed by atoms with Gasteiger partial charge in [-0.3, -0.25) is 19.4 Å². The lowest BCUT2D eigenvalue weighted by molar-refractivity contribution is -0.147. The Bertz CT molecular complexity index is 599. The van der Waals surface area contributed by atoms with Gasteiger partial charge in [0.15, 0.2) is 0 Å². The van der Waals surface area contributed by atoms with Crippen LogP contribution < -0.4 is 0 Å². The summed E-state index contributed by atoms with van der Waals surface area (Å²) in [7, 11) is 0. The molecular weight excluding hydrogens is 440 g/mol. The lowest BCUT2D eigenvalue weighted by Crippen LogP contribution is -2.49. The van der Waals surface area contributed by atoms with Gasteiger partial charge in [0.05, 0.1) is 13.2 Å². The van der Waals surface area contributed by atoms with Crippen molar-refractivity contribution in [2.24, 2.45) is 11.8 Å². The number of carbonyl (C=O) groups is 2. The number of piperidine rings is 4. The van der Waals surface area contributed by atoms with Crippen LogP contribution in [0.4, 0.5) is 0 Å². The first-order valence-corrected chi connectivity index (χ1v) is 15.0. The molecule has 4 atom stereocenters. The van der Waals surface area contributed by atoms with E-state index in [1.54, 1.807) is 0 Å². The third kappa shape index (κ3) is 8.45. The van der Waals surface area contributed by atoms with Crippen LogP contribution in [0, 0.1) is 11.8 Å². The van der Waals surface area contributed by atoms with Gasteiger partial charge in [-0.2, -0.15) is 0 Å². The molecular formula is C29H50N2O4. The van der Waals surface area contributed by atoms with Crippen LogP contribution in [0.2, 0.25) is 0 Å². The van der Waals surface area contributed by atoms with E-state index in [2.05, 4.69) is 9.80 Å². The third-order valence-electron chi connectivity index (χ3n) is 9.14. The predicted octanol–water partition coefficient (Wildman–Crippen LogP) is 5.33. The Morgan fingerprint density at radius 3 is 1.46 bits per heavy atom. The highest BCUT2D eigenvalue weighted by Gasteiger charge is 2.34. The number of ether oxygens (including phenoxy) is 2. The molecule has 4 fully saturated rings. The fraction of sp³-hybridized carbons (Fsp3) is 0.931. The van der Waals surface area contributed by atoms with Gasteiger partial charge in [-0.1, -0.05) is 32.1 Å². The van der Waals surface area contributed by atoms with Crippen LogP contribution in [0.25, 0.3) is 0 Å². The molecule has 4 aliphatic heterocycles. The molecule has 4 aliphatic rings. The molecule has 0 bridgehead atoms. The zero-order chi connectivity index (χ0) is 24.3. The highest BCUT2D eigenvalue weighted by atomic mass is 16.5. The Balaban J connectivity index is 0.981. The summed E-state index contributed by atoms with van der Waals surface area (Å²) in [5, 5.41) is 0. The summed E-state index contributed by atoms with van der Waals surface area (Å²) in [6.45, 7) is 6.14. The maximum atomic E-state index is 12.2. The molecule has 0 amide bonds. The van der Waals surface area contributed by atoms with Crippen LogP contribution in [-0.4, -0.2) is 73.2 Å². The Kier molecular flexibility index (Phi) is 11.2. The molecule has 4 rings (SSSR count). The Hall–Kier alpha value is -1.14. The minimum absolute atomic E-state index is 0.0271. The number of fused-ring (bicyclic) bond motifs is 2. The van der Waals surface area contributed by atoms with Gasteiger partial charge in [-0.25, -0.2) is 0 Å². The van der Waals surface area contributed by atoms with E-state index in [9.17, 15) is 9.59 Å². The standard InChI is InChI=1S/C29H50N2O4/c32-28(34-22-24-12-10-20-30-18-8-6-14-26(24)30)16-4-2-1-3-5-17-29(33)35-23-25-13-11-21-31-19-9-7-15-27(25)31/h24-27H,1-23H2. The van der Waals surface area contributed by atoms with Gasteiger partial charge in [-0.15, -0.1) is 0 Å². The third-order valence-corrected chi connectivity index (χ3v) is 9.14. The maximum absolute atomic E-state index is 12.2. The molecule has 4 saturated heterocycles. The van der Waals surface area contributed by atoms with Gasteiger partial charge >= 0.3 is 11.9 Å². The molecule has 0 aliphatic carbocycles. The smallest absolute Gasteiger partial charge is 0.305 e. The fourth-order valence-electron chi connectivity index (χ4n) is 7.16. The van der Waals surface area contributed by atoms with Crippen LogP contribution in [-0.2, 0) is 19.1 Å². The second-order valence-electron chi connectivity index (χ2n) is 11.6. The predicted molar refractivity (Wildman–Crippen MR) is 138 cm³/mol. The molecule has 0 aromatic carbocycles. The van der Waals surface area contributed by atoms with Gasteiger partial charge < -0.3 is 9.47 Å². The van der Waals surface area contributed by atoms with Crippen LogP contribution >= 0.6 is 0 Å². The lowest BCUT2D eigenvalue weighted by atomic mass is 9.84. The molecule has 4 heterocycles.